The predicted octanol–water partition coefficient (Wildman–Crippen LogP) is 4.61. The lowest BCUT2D eigenvalue weighted by Gasteiger charge is -2.26. The topological polar surface area (TPSA) is 54.7 Å². The molecule has 1 heterocycles. The number of anilines is 1. The number of hydrogen-bond acceptors (Lipinski definition) is 2. The van der Waals surface area contributed by atoms with Gasteiger partial charge in [0.15, 0.2) is 5.82 Å². The summed E-state index contributed by atoms with van der Waals surface area (Å²) >= 11 is 6.32. The number of rotatable bonds is 2. The molecule has 0 unspecified atom stereocenters. The van der Waals surface area contributed by atoms with Gasteiger partial charge in [-0.3, -0.25) is 5.10 Å². The van der Waals surface area contributed by atoms with Crippen LogP contribution in [-0.2, 0) is 0 Å². The molecule has 0 radical (unpaired) electrons. The number of nitrogens with zero attached hydrogens (tertiary/aromatic N) is 1. The monoisotopic (exact) mass is 289 g/mol. The van der Waals surface area contributed by atoms with Crippen molar-refractivity contribution in [2.45, 2.75) is 38.5 Å². The van der Waals surface area contributed by atoms with E-state index in [4.69, 9.17) is 17.3 Å². The summed E-state index contributed by atoms with van der Waals surface area (Å²) in [5, 5.41) is 8.10. The normalized spacial score (nSPS) is 22.9. The molecule has 1 saturated carbocycles. The van der Waals surface area contributed by atoms with Gasteiger partial charge in [0.2, 0.25) is 0 Å². The first kappa shape index (κ1) is 13.5. The summed E-state index contributed by atoms with van der Waals surface area (Å²) in [7, 11) is 0. The van der Waals surface area contributed by atoms with Crippen LogP contribution in [0.2, 0.25) is 5.02 Å². The van der Waals surface area contributed by atoms with Gasteiger partial charge in [-0.1, -0.05) is 49.6 Å². The van der Waals surface area contributed by atoms with E-state index in [0.717, 1.165) is 27.8 Å². The number of halogens is 1. The van der Waals surface area contributed by atoms with Crippen LogP contribution in [0, 0.1) is 5.92 Å². The Bertz CT molecular complexity index is 598. The number of nitrogen functional groups attached to an aromatic ring is 1. The molecule has 3 rings (SSSR count). The predicted molar refractivity (Wildman–Crippen MR) is 83.8 cm³/mol. The Labute approximate surface area is 124 Å². The number of nitrogens with one attached hydrogen (secondary N) is 1. The van der Waals surface area contributed by atoms with E-state index in [0.29, 0.717) is 11.7 Å². The van der Waals surface area contributed by atoms with Crippen molar-refractivity contribution in [1.29, 1.82) is 0 Å². The van der Waals surface area contributed by atoms with Crippen LogP contribution in [0.5, 0.6) is 0 Å². The summed E-state index contributed by atoms with van der Waals surface area (Å²) in [5.74, 6) is 1.89. The van der Waals surface area contributed by atoms with Gasteiger partial charge in [-0.15, -0.1) is 0 Å². The third kappa shape index (κ3) is 2.42. The zero-order valence-electron chi connectivity index (χ0n) is 11.7. The van der Waals surface area contributed by atoms with Gasteiger partial charge in [0, 0.05) is 27.8 Å². The van der Waals surface area contributed by atoms with Gasteiger partial charge < -0.3 is 5.73 Å². The molecule has 0 atom stereocenters. The molecule has 20 heavy (non-hydrogen) atoms. The van der Waals surface area contributed by atoms with E-state index in [1.54, 1.807) is 0 Å². The van der Waals surface area contributed by atoms with Crippen LogP contribution < -0.4 is 5.73 Å². The summed E-state index contributed by atoms with van der Waals surface area (Å²) in [4.78, 5) is 0. The molecule has 0 spiro atoms. The zero-order valence-corrected chi connectivity index (χ0v) is 12.5. The molecule has 3 nitrogen and oxygen atoms in total. The van der Waals surface area contributed by atoms with Gasteiger partial charge in [0.25, 0.3) is 0 Å². The average Bonchev–Trinajstić information content (AvgIpc) is 2.82. The highest BCUT2D eigenvalue weighted by molar-refractivity contribution is 6.33. The Balaban J connectivity index is 2.00. The molecule has 1 aromatic carbocycles. The highest BCUT2D eigenvalue weighted by Gasteiger charge is 2.26. The molecular formula is C16H20ClN3. The zero-order chi connectivity index (χ0) is 14.1. The first-order chi connectivity index (χ1) is 9.66. The van der Waals surface area contributed by atoms with Crippen LogP contribution in [-0.4, -0.2) is 10.2 Å². The van der Waals surface area contributed by atoms with Crippen LogP contribution in [0.1, 0.15) is 44.2 Å². The van der Waals surface area contributed by atoms with E-state index in [9.17, 15) is 0 Å². The Morgan fingerprint density at radius 3 is 2.60 bits per heavy atom. The maximum absolute atomic E-state index is 6.32. The fourth-order valence-electron chi connectivity index (χ4n) is 3.16. The Morgan fingerprint density at radius 1 is 1.20 bits per heavy atom. The average molecular weight is 290 g/mol. The molecule has 2 aromatic rings. The van der Waals surface area contributed by atoms with E-state index in [1.165, 1.54) is 25.7 Å². The second-order valence-corrected chi connectivity index (χ2v) is 6.24. The Hall–Kier alpha value is -1.48. The largest absolute Gasteiger partial charge is 0.382 e. The van der Waals surface area contributed by atoms with Crippen LogP contribution in [0.15, 0.2) is 24.3 Å². The second-order valence-electron chi connectivity index (χ2n) is 5.83. The summed E-state index contributed by atoms with van der Waals surface area (Å²) in [6.07, 6.45) is 4.93. The van der Waals surface area contributed by atoms with Gasteiger partial charge >= 0.3 is 0 Å². The molecule has 1 aliphatic carbocycles. The Kier molecular flexibility index (Phi) is 3.70. The molecule has 1 aromatic heterocycles. The van der Waals surface area contributed by atoms with Crippen molar-refractivity contribution in [3.63, 3.8) is 0 Å². The van der Waals surface area contributed by atoms with Crippen LogP contribution >= 0.6 is 11.6 Å². The van der Waals surface area contributed by atoms with E-state index < -0.39 is 0 Å². The van der Waals surface area contributed by atoms with Gasteiger partial charge in [-0.05, 0) is 24.8 Å². The van der Waals surface area contributed by atoms with Crippen molar-refractivity contribution in [3.05, 3.63) is 35.0 Å². The molecule has 106 valence electrons. The van der Waals surface area contributed by atoms with Crippen LogP contribution in [0.3, 0.4) is 0 Å². The highest BCUT2D eigenvalue weighted by Crippen LogP contribution is 2.42. The molecule has 0 saturated heterocycles. The SMILES string of the molecule is CC1CCC(c2[nH]nc(N)c2-c2ccccc2Cl)CC1. The Morgan fingerprint density at radius 2 is 1.90 bits per heavy atom. The van der Waals surface area contributed by atoms with Crippen molar-refractivity contribution in [1.82, 2.24) is 10.2 Å². The van der Waals surface area contributed by atoms with Crippen molar-refractivity contribution in [3.8, 4) is 11.1 Å². The second kappa shape index (κ2) is 5.49. The van der Waals surface area contributed by atoms with Gasteiger partial charge in [0.1, 0.15) is 0 Å². The van der Waals surface area contributed by atoms with Crippen molar-refractivity contribution in [2.24, 2.45) is 5.92 Å². The van der Waals surface area contributed by atoms with E-state index in [2.05, 4.69) is 17.1 Å². The standard InChI is InChI=1S/C16H20ClN3/c1-10-6-8-11(9-7-10)15-14(16(18)20-19-15)12-4-2-3-5-13(12)17/h2-5,10-11H,6-9H2,1H3,(H3,18,19,20). The third-order valence-corrected chi connectivity index (χ3v) is 4.72. The van der Waals surface area contributed by atoms with E-state index in [-0.39, 0.29) is 0 Å². The van der Waals surface area contributed by atoms with Crippen LogP contribution in [0.4, 0.5) is 5.82 Å². The summed E-state index contributed by atoms with van der Waals surface area (Å²) in [6.45, 7) is 2.33. The number of aromatic nitrogens is 2. The smallest absolute Gasteiger partial charge is 0.153 e. The number of nitrogens with two attached hydrogens (primary N) is 1. The number of H-pyrrole nitrogens is 1. The molecule has 0 amide bonds. The lowest BCUT2D eigenvalue weighted by atomic mass is 9.80. The molecule has 3 N–H and O–H groups in total. The first-order valence-corrected chi connectivity index (χ1v) is 7.63. The molecule has 0 aliphatic heterocycles. The molecule has 4 heteroatoms. The summed E-state index contributed by atoms with van der Waals surface area (Å²) < 4.78 is 0. The highest BCUT2D eigenvalue weighted by atomic mass is 35.5. The van der Waals surface area contributed by atoms with Crippen molar-refractivity contribution < 1.29 is 0 Å². The fourth-order valence-corrected chi connectivity index (χ4v) is 3.39. The fraction of sp³-hybridized carbons (Fsp3) is 0.438. The van der Waals surface area contributed by atoms with Gasteiger partial charge in [-0.2, -0.15) is 5.10 Å². The van der Waals surface area contributed by atoms with Gasteiger partial charge in [0.05, 0.1) is 0 Å². The lowest BCUT2D eigenvalue weighted by molar-refractivity contribution is 0.344. The summed E-state index contributed by atoms with van der Waals surface area (Å²) in [5.41, 5.74) is 9.21. The number of benzene rings is 1. The first-order valence-electron chi connectivity index (χ1n) is 7.25. The van der Waals surface area contributed by atoms with Crippen molar-refractivity contribution >= 4 is 17.4 Å². The lowest BCUT2D eigenvalue weighted by Crippen LogP contribution is -2.12. The van der Waals surface area contributed by atoms with Gasteiger partial charge in [-0.25, -0.2) is 0 Å². The number of aromatic amines is 1. The molecule has 1 aliphatic rings. The molecule has 0 bridgehead atoms. The van der Waals surface area contributed by atoms with Crippen LogP contribution in [0.25, 0.3) is 11.1 Å². The van der Waals surface area contributed by atoms with E-state index >= 15 is 0 Å². The van der Waals surface area contributed by atoms with E-state index in [1.807, 2.05) is 24.3 Å². The van der Waals surface area contributed by atoms with Crippen molar-refractivity contribution in [2.75, 3.05) is 5.73 Å². The molecular weight excluding hydrogens is 270 g/mol. The number of hydrogen-bond donors (Lipinski definition) is 2. The maximum Gasteiger partial charge on any atom is 0.153 e. The minimum atomic E-state index is 0.516. The minimum absolute atomic E-state index is 0.516. The molecule has 1 fully saturated rings. The maximum atomic E-state index is 6.32. The summed E-state index contributed by atoms with van der Waals surface area (Å²) in [6, 6.07) is 7.83. The minimum Gasteiger partial charge on any atom is -0.382 e. The third-order valence-electron chi connectivity index (χ3n) is 4.39. The quantitative estimate of drug-likeness (QED) is 0.848.